The van der Waals surface area contributed by atoms with Gasteiger partial charge in [0.05, 0.1) is 23.8 Å². The standard InChI is InChI=1S/C15H11F3N4O4/c1-7-10(11-12(23)20-6-21-14(11)26-7)13(24)22-8-2-3-9(19-4-8)25-5-15(16,17)18/h2-4,6H,5H2,1H3,(H,22,24)(H,20,21,23). The molecule has 0 atom stereocenters. The molecule has 1 amide bonds. The fourth-order valence-corrected chi connectivity index (χ4v) is 2.22. The second-order valence-corrected chi connectivity index (χ2v) is 5.19. The number of anilines is 1. The fourth-order valence-electron chi connectivity index (χ4n) is 2.22. The van der Waals surface area contributed by atoms with E-state index in [1.165, 1.54) is 19.1 Å². The number of nitrogens with zero attached hydrogens (tertiary/aromatic N) is 2. The van der Waals surface area contributed by atoms with Crippen LogP contribution in [-0.4, -0.2) is 33.6 Å². The minimum Gasteiger partial charge on any atom is -0.468 e. The van der Waals surface area contributed by atoms with Gasteiger partial charge in [0.1, 0.15) is 11.1 Å². The highest BCUT2D eigenvalue weighted by atomic mass is 19.4. The van der Waals surface area contributed by atoms with Crippen molar-refractivity contribution >= 4 is 22.7 Å². The number of alkyl halides is 3. The van der Waals surface area contributed by atoms with Gasteiger partial charge in [-0.2, -0.15) is 13.2 Å². The van der Waals surface area contributed by atoms with E-state index in [1.807, 2.05) is 0 Å². The zero-order valence-corrected chi connectivity index (χ0v) is 13.2. The van der Waals surface area contributed by atoms with Crippen LogP contribution < -0.4 is 15.6 Å². The van der Waals surface area contributed by atoms with Gasteiger partial charge in [0.2, 0.25) is 11.6 Å². The number of aromatic amines is 1. The summed E-state index contributed by atoms with van der Waals surface area (Å²) in [5.74, 6) is -0.698. The summed E-state index contributed by atoms with van der Waals surface area (Å²) in [6.07, 6.45) is -2.20. The predicted octanol–water partition coefficient (Wildman–Crippen LogP) is 2.41. The highest BCUT2D eigenvalue weighted by molar-refractivity contribution is 6.12. The van der Waals surface area contributed by atoms with Crippen molar-refractivity contribution in [2.75, 3.05) is 11.9 Å². The highest BCUT2D eigenvalue weighted by Crippen LogP contribution is 2.22. The molecule has 0 spiro atoms. The van der Waals surface area contributed by atoms with Crippen LogP contribution in [0.5, 0.6) is 5.88 Å². The quantitative estimate of drug-likeness (QED) is 0.732. The number of rotatable bonds is 4. The molecule has 2 N–H and O–H groups in total. The van der Waals surface area contributed by atoms with Crippen molar-refractivity contribution in [1.82, 2.24) is 15.0 Å². The first-order chi connectivity index (χ1) is 12.2. The number of furan rings is 1. The van der Waals surface area contributed by atoms with E-state index < -0.39 is 24.2 Å². The predicted molar refractivity (Wildman–Crippen MR) is 83.1 cm³/mol. The number of H-pyrrole nitrogens is 1. The van der Waals surface area contributed by atoms with Crippen molar-refractivity contribution in [2.45, 2.75) is 13.1 Å². The van der Waals surface area contributed by atoms with E-state index in [4.69, 9.17) is 4.42 Å². The molecule has 0 fully saturated rings. The topological polar surface area (TPSA) is 110 Å². The summed E-state index contributed by atoms with van der Waals surface area (Å²) in [5.41, 5.74) is -0.313. The summed E-state index contributed by atoms with van der Waals surface area (Å²) in [7, 11) is 0. The molecular weight excluding hydrogens is 357 g/mol. The van der Waals surface area contributed by atoms with Gasteiger partial charge >= 0.3 is 6.18 Å². The zero-order chi connectivity index (χ0) is 18.9. The summed E-state index contributed by atoms with van der Waals surface area (Å²) in [5, 5.41) is 2.48. The first-order valence-corrected chi connectivity index (χ1v) is 7.18. The number of nitrogens with one attached hydrogen (secondary N) is 2. The maximum Gasteiger partial charge on any atom is 0.422 e. The van der Waals surface area contributed by atoms with Crippen LogP contribution in [0.15, 0.2) is 33.9 Å². The molecule has 3 heterocycles. The number of amides is 1. The van der Waals surface area contributed by atoms with Crippen molar-refractivity contribution < 1.29 is 27.1 Å². The summed E-state index contributed by atoms with van der Waals surface area (Å²) in [6.45, 7) is 0.0318. The van der Waals surface area contributed by atoms with Crippen LogP contribution >= 0.6 is 0 Å². The van der Waals surface area contributed by atoms with Gasteiger partial charge in [-0.25, -0.2) is 9.97 Å². The molecule has 3 rings (SSSR count). The molecular formula is C15H11F3N4O4. The third-order valence-corrected chi connectivity index (χ3v) is 3.28. The summed E-state index contributed by atoms with van der Waals surface area (Å²) >= 11 is 0. The SMILES string of the molecule is Cc1oc2nc[nH]c(=O)c2c1C(=O)Nc1ccc(OCC(F)(F)F)nc1. The van der Waals surface area contributed by atoms with Gasteiger partial charge in [0.15, 0.2) is 6.61 Å². The van der Waals surface area contributed by atoms with E-state index in [2.05, 4.69) is 25.0 Å². The number of halogens is 3. The molecule has 0 unspecified atom stereocenters. The lowest BCUT2D eigenvalue weighted by molar-refractivity contribution is -0.154. The number of aromatic nitrogens is 3. The lowest BCUT2D eigenvalue weighted by atomic mass is 10.2. The fraction of sp³-hybridized carbons (Fsp3) is 0.200. The van der Waals surface area contributed by atoms with Gasteiger partial charge in [-0.3, -0.25) is 9.59 Å². The Hall–Kier alpha value is -3.37. The lowest BCUT2D eigenvalue weighted by Crippen LogP contribution is -2.19. The Bertz CT molecular complexity index is 1010. The second-order valence-electron chi connectivity index (χ2n) is 5.19. The van der Waals surface area contributed by atoms with E-state index in [0.29, 0.717) is 0 Å². The third kappa shape index (κ3) is 3.66. The summed E-state index contributed by atoms with van der Waals surface area (Å²) < 4.78 is 46.1. The number of ether oxygens (including phenoxy) is 1. The molecule has 0 bridgehead atoms. The highest BCUT2D eigenvalue weighted by Gasteiger charge is 2.28. The third-order valence-electron chi connectivity index (χ3n) is 3.28. The average molecular weight is 368 g/mol. The Morgan fingerprint density at radius 2 is 2.12 bits per heavy atom. The Balaban J connectivity index is 1.79. The molecule has 0 aliphatic rings. The monoisotopic (exact) mass is 368 g/mol. The first kappa shape index (κ1) is 17.5. The number of carbonyl (C=O) groups excluding carboxylic acids is 1. The van der Waals surface area contributed by atoms with Gasteiger partial charge < -0.3 is 19.5 Å². The van der Waals surface area contributed by atoms with E-state index in [9.17, 15) is 22.8 Å². The van der Waals surface area contributed by atoms with Crippen LogP contribution in [0, 0.1) is 6.92 Å². The normalized spacial score (nSPS) is 11.5. The molecule has 0 aliphatic carbocycles. The molecule has 0 aliphatic heterocycles. The van der Waals surface area contributed by atoms with Gasteiger partial charge in [0, 0.05) is 6.07 Å². The van der Waals surface area contributed by atoms with E-state index in [0.717, 1.165) is 12.5 Å². The van der Waals surface area contributed by atoms with Crippen LogP contribution in [0.2, 0.25) is 0 Å². The molecule has 136 valence electrons. The molecule has 0 saturated carbocycles. The van der Waals surface area contributed by atoms with Crippen molar-refractivity contribution in [1.29, 1.82) is 0 Å². The number of hydrogen-bond donors (Lipinski definition) is 2. The number of aryl methyl sites for hydroxylation is 1. The van der Waals surface area contributed by atoms with Gasteiger partial charge in [-0.05, 0) is 13.0 Å². The van der Waals surface area contributed by atoms with Crippen LogP contribution in [0.25, 0.3) is 11.1 Å². The Labute approximate surface area is 143 Å². The molecule has 11 heteroatoms. The Morgan fingerprint density at radius 1 is 1.35 bits per heavy atom. The smallest absolute Gasteiger partial charge is 0.422 e. The molecule has 0 saturated heterocycles. The summed E-state index contributed by atoms with van der Waals surface area (Å²) in [6, 6.07) is 2.49. The van der Waals surface area contributed by atoms with Crippen LogP contribution in [0.3, 0.4) is 0 Å². The van der Waals surface area contributed by atoms with Crippen molar-refractivity contribution in [3.63, 3.8) is 0 Å². The number of pyridine rings is 1. The van der Waals surface area contributed by atoms with Gasteiger partial charge in [0.25, 0.3) is 11.5 Å². The second kappa shape index (κ2) is 6.50. The van der Waals surface area contributed by atoms with Crippen molar-refractivity contribution in [3.05, 3.63) is 46.3 Å². The maximum absolute atomic E-state index is 12.4. The zero-order valence-electron chi connectivity index (χ0n) is 13.2. The van der Waals surface area contributed by atoms with E-state index in [-0.39, 0.29) is 34.0 Å². The summed E-state index contributed by atoms with van der Waals surface area (Å²) in [4.78, 5) is 34.2. The van der Waals surface area contributed by atoms with Crippen LogP contribution in [0.1, 0.15) is 16.1 Å². The molecule has 3 aromatic heterocycles. The molecule has 8 nitrogen and oxygen atoms in total. The minimum absolute atomic E-state index is 0.000546. The lowest BCUT2D eigenvalue weighted by Gasteiger charge is -2.09. The Morgan fingerprint density at radius 3 is 2.77 bits per heavy atom. The Kier molecular flexibility index (Phi) is 4.36. The average Bonchev–Trinajstić information content (AvgIpc) is 2.91. The molecule has 26 heavy (non-hydrogen) atoms. The van der Waals surface area contributed by atoms with Crippen LogP contribution in [0.4, 0.5) is 18.9 Å². The molecule has 0 radical (unpaired) electrons. The van der Waals surface area contributed by atoms with Crippen molar-refractivity contribution in [3.8, 4) is 5.88 Å². The number of fused-ring (bicyclic) bond motifs is 1. The van der Waals surface area contributed by atoms with E-state index >= 15 is 0 Å². The van der Waals surface area contributed by atoms with Crippen LogP contribution in [-0.2, 0) is 0 Å². The molecule has 3 aromatic rings. The van der Waals surface area contributed by atoms with Gasteiger partial charge in [-0.1, -0.05) is 0 Å². The minimum atomic E-state index is -4.48. The number of hydrogen-bond acceptors (Lipinski definition) is 6. The molecule has 0 aromatic carbocycles. The van der Waals surface area contributed by atoms with Crippen molar-refractivity contribution in [2.24, 2.45) is 0 Å². The maximum atomic E-state index is 12.4. The largest absolute Gasteiger partial charge is 0.468 e. The number of carbonyl (C=O) groups is 1. The van der Waals surface area contributed by atoms with Gasteiger partial charge in [-0.15, -0.1) is 0 Å². The first-order valence-electron chi connectivity index (χ1n) is 7.18. The van der Waals surface area contributed by atoms with E-state index in [1.54, 1.807) is 0 Å².